The summed E-state index contributed by atoms with van der Waals surface area (Å²) in [6.07, 6.45) is 1.99. The molecule has 0 unspecified atom stereocenters. The fourth-order valence-electron chi connectivity index (χ4n) is 2.25. The number of nitrogens with zero attached hydrogens (tertiary/aromatic N) is 1. The summed E-state index contributed by atoms with van der Waals surface area (Å²) in [5.74, 6) is 0. The summed E-state index contributed by atoms with van der Waals surface area (Å²) in [4.78, 5) is 13.9. The van der Waals surface area contributed by atoms with Crippen LogP contribution in [-0.2, 0) is 4.74 Å². The van der Waals surface area contributed by atoms with E-state index >= 15 is 0 Å². The van der Waals surface area contributed by atoms with Gasteiger partial charge in [0.25, 0.3) is 0 Å². The van der Waals surface area contributed by atoms with Gasteiger partial charge in [0.1, 0.15) is 0 Å². The molecule has 0 bridgehead atoms. The van der Waals surface area contributed by atoms with E-state index in [0.29, 0.717) is 28.8 Å². The van der Waals surface area contributed by atoms with E-state index in [-0.39, 0.29) is 12.1 Å². The minimum absolute atomic E-state index is 0.149. The van der Waals surface area contributed by atoms with Gasteiger partial charge in [0.2, 0.25) is 0 Å². The monoisotopic (exact) mass is 316 g/mol. The van der Waals surface area contributed by atoms with Crippen LogP contribution in [0, 0.1) is 0 Å². The molecule has 1 heterocycles. The molecule has 110 valence electrons. The molecule has 2 rings (SSSR count). The highest BCUT2D eigenvalue weighted by molar-refractivity contribution is 6.35. The lowest BCUT2D eigenvalue weighted by Gasteiger charge is -2.31. The SMILES string of the molecule is CCOC1CCN(C(=O)Nc2cc(Cl)ccc2Cl)CC1. The van der Waals surface area contributed by atoms with Gasteiger partial charge in [0.15, 0.2) is 0 Å². The van der Waals surface area contributed by atoms with Crippen LogP contribution < -0.4 is 5.32 Å². The van der Waals surface area contributed by atoms with Crippen molar-refractivity contribution in [2.45, 2.75) is 25.9 Å². The van der Waals surface area contributed by atoms with Crippen molar-refractivity contribution in [3.05, 3.63) is 28.2 Å². The molecule has 0 radical (unpaired) electrons. The molecular weight excluding hydrogens is 299 g/mol. The standard InChI is InChI=1S/C14H18Cl2N2O2/c1-2-20-11-5-7-18(8-6-11)14(19)17-13-9-10(15)3-4-12(13)16/h3-4,9,11H,2,5-8H2,1H3,(H,17,19). The molecule has 1 aliphatic heterocycles. The number of rotatable bonds is 3. The topological polar surface area (TPSA) is 41.6 Å². The molecule has 2 amide bonds. The molecule has 1 fully saturated rings. The Morgan fingerprint density at radius 2 is 2.10 bits per heavy atom. The van der Waals surface area contributed by atoms with Crippen molar-refractivity contribution in [1.82, 2.24) is 4.90 Å². The van der Waals surface area contributed by atoms with E-state index in [1.165, 1.54) is 0 Å². The number of ether oxygens (including phenoxy) is 1. The van der Waals surface area contributed by atoms with Crippen LogP contribution in [0.4, 0.5) is 10.5 Å². The molecule has 1 N–H and O–H groups in total. The summed E-state index contributed by atoms with van der Waals surface area (Å²) >= 11 is 11.9. The maximum atomic E-state index is 12.2. The molecule has 0 atom stereocenters. The summed E-state index contributed by atoms with van der Waals surface area (Å²) in [7, 11) is 0. The Kier molecular flexibility index (Phi) is 5.52. The summed E-state index contributed by atoms with van der Waals surface area (Å²) in [5.41, 5.74) is 0.538. The number of carbonyl (C=O) groups excluding carboxylic acids is 1. The fourth-order valence-corrected chi connectivity index (χ4v) is 2.59. The molecule has 6 heteroatoms. The van der Waals surface area contributed by atoms with Crippen molar-refractivity contribution in [3.8, 4) is 0 Å². The van der Waals surface area contributed by atoms with Crippen LogP contribution in [0.1, 0.15) is 19.8 Å². The van der Waals surface area contributed by atoms with Gasteiger partial charge in [-0.1, -0.05) is 23.2 Å². The average molecular weight is 317 g/mol. The van der Waals surface area contributed by atoms with Gasteiger partial charge in [-0.15, -0.1) is 0 Å². The second-order valence-electron chi connectivity index (χ2n) is 4.70. The summed E-state index contributed by atoms with van der Waals surface area (Å²) in [6.45, 7) is 4.08. The number of urea groups is 1. The molecule has 1 saturated heterocycles. The van der Waals surface area contributed by atoms with E-state index in [0.717, 1.165) is 19.4 Å². The zero-order valence-electron chi connectivity index (χ0n) is 11.4. The third kappa shape index (κ3) is 4.01. The van der Waals surface area contributed by atoms with Crippen molar-refractivity contribution < 1.29 is 9.53 Å². The maximum Gasteiger partial charge on any atom is 0.321 e. The number of anilines is 1. The molecule has 0 spiro atoms. The highest BCUT2D eigenvalue weighted by Gasteiger charge is 2.23. The van der Waals surface area contributed by atoms with E-state index in [9.17, 15) is 4.79 Å². The normalized spacial score (nSPS) is 16.2. The quantitative estimate of drug-likeness (QED) is 0.914. The smallest absolute Gasteiger partial charge is 0.321 e. The molecule has 4 nitrogen and oxygen atoms in total. The first kappa shape index (κ1) is 15.4. The van der Waals surface area contributed by atoms with Gasteiger partial charge in [-0.25, -0.2) is 4.79 Å². The van der Waals surface area contributed by atoms with Crippen molar-refractivity contribution in [2.24, 2.45) is 0 Å². The number of hydrogen-bond acceptors (Lipinski definition) is 2. The van der Waals surface area contributed by atoms with Gasteiger partial charge in [0.05, 0.1) is 16.8 Å². The van der Waals surface area contributed by atoms with Gasteiger partial charge in [-0.05, 0) is 38.0 Å². The van der Waals surface area contributed by atoms with Crippen LogP contribution in [-0.4, -0.2) is 36.7 Å². The number of halogens is 2. The number of benzene rings is 1. The highest BCUT2D eigenvalue weighted by Crippen LogP contribution is 2.26. The Balaban J connectivity index is 1.91. The third-order valence-electron chi connectivity index (χ3n) is 3.30. The first-order valence-corrected chi connectivity index (χ1v) is 7.48. The average Bonchev–Trinajstić information content (AvgIpc) is 2.44. The van der Waals surface area contributed by atoms with E-state index in [4.69, 9.17) is 27.9 Å². The molecule has 0 aromatic heterocycles. The molecule has 20 heavy (non-hydrogen) atoms. The minimum atomic E-state index is -0.149. The van der Waals surface area contributed by atoms with Gasteiger partial charge in [0, 0.05) is 24.7 Å². The van der Waals surface area contributed by atoms with E-state index in [1.807, 2.05) is 6.92 Å². The van der Waals surface area contributed by atoms with Crippen molar-refractivity contribution in [1.29, 1.82) is 0 Å². The van der Waals surface area contributed by atoms with Crippen molar-refractivity contribution >= 4 is 34.9 Å². The van der Waals surface area contributed by atoms with Crippen molar-refractivity contribution in [2.75, 3.05) is 25.0 Å². The Morgan fingerprint density at radius 3 is 2.75 bits per heavy atom. The van der Waals surface area contributed by atoms with E-state index in [1.54, 1.807) is 23.1 Å². The summed E-state index contributed by atoms with van der Waals surface area (Å²) < 4.78 is 5.57. The Morgan fingerprint density at radius 1 is 1.40 bits per heavy atom. The van der Waals surface area contributed by atoms with Crippen molar-refractivity contribution in [3.63, 3.8) is 0 Å². The Labute approximate surface area is 129 Å². The molecular formula is C14H18Cl2N2O2. The summed E-state index contributed by atoms with van der Waals surface area (Å²) in [5, 5.41) is 3.82. The van der Waals surface area contributed by atoms with Crippen LogP contribution in [0.15, 0.2) is 18.2 Å². The lowest BCUT2D eigenvalue weighted by atomic mass is 10.1. The van der Waals surface area contributed by atoms with E-state index < -0.39 is 0 Å². The molecule has 0 aliphatic carbocycles. The molecule has 1 aliphatic rings. The largest absolute Gasteiger partial charge is 0.378 e. The number of carbonyl (C=O) groups is 1. The third-order valence-corrected chi connectivity index (χ3v) is 3.87. The fraction of sp³-hybridized carbons (Fsp3) is 0.500. The second kappa shape index (κ2) is 7.16. The van der Waals surface area contributed by atoms with Gasteiger partial charge in [-0.2, -0.15) is 0 Å². The predicted octanol–water partition coefficient (Wildman–Crippen LogP) is 4.03. The summed E-state index contributed by atoms with van der Waals surface area (Å²) in [6, 6.07) is 4.85. The minimum Gasteiger partial charge on any atom is -0.378 e. The lowest BCUT2D eigenvalue weighted by molar-refractivity contribution is 0.0232. The molecule has 1 aromatic carbocycles. The van der Waals surface area contributed by atoms with Crippen LogP contribution in [0.3, 0.4) is 0 Å². The number of likely N-dealkylation sites (tertiary alicyclic amines) is 1. The van der Waals surface area contributed by atoms with Crippen LogP contribution in [0.5, 0.6) is 0 Å². The van der Waals surface area contributed by atoms with Crippen LogP contribution in [0.25, 0.3) is 0 Å². The highest BCUT2D eigenvalue weighted by atomic mass is 35.5. The molecule has 0 saturated carbocycles. The zero-order chi connectivity index (χ0) is 14.5. The van der Waals surface area contributed by atoms with E-state index in [2.05, 4.69) is 5.32 Å². The van der Waals surface area contributed by atoms with Gasteiger partial charge in [-0.3, -0.25) is 0 Å². The number of nitrogens with one attached hydrogen (secondary N) is 1. The second-order valence-corrected chi connectivity index (χ2v) is 5.54. The Hall–Kier alpha value is -0.970. The Bertz CT molecular complexity index is 474. The number of piperidine rings is 1. The van der Waals surface area contributed by atoms with Gasteiger partial charge < -0.3 is 15.0 Å². The first-order valence-electron chi connectivity index (χ1n) is 6.72. The predicted molar refractivity (Wildman–Crippen MR) is 81.7 cm³/mol. The number of hydrogen-bond donors (Lipinski definition) is 1. The van der Waals surface area contributed by atoms with Gasteiger partial charge >= 0.3 is 6.03 Å². The maximum absolute atomic E-state index is 12.2. The van der Waals surface area contributed by atoms with Crippen LogP contribution in [0.2, 0.25) is 10.0 Å². The van der Waals surface area contributed by atoms with Crippen LogP contribution >= 0.6 is 23.2 Å². The first-order chi connectivity index (χ1) is 9.60. The zero-order valence-corrected chi connectivity index (χ0v) is 12.9. The molecule has 1 aromatic rings. The lowest BCUT2D eigenvalue weighted by Crippen LogP contribution is -2.43. The number of amides is 2.